The highest BCUT2D eigenvalue weighted by molar-refractivity contribution is 6.27. The van der Waals surface area contributed by atoms with Crippen LogP contribution in [0.3, 0.4) is 0 Å². The molecule has 11 rings (SSSR count). The summed E-state index contributed by atoms with van der Waals surface area (Å²) in [6, 6.07) is 78.0. The minimum Gasteiger partial charge on any atom is -0.455 e. The second kappa shape index (κ2) is 13.6. The van der Waals surface area contributed by atoms with Crippen LogP contribution >= 0.6 is 0 Å². The number of hydrogen-bond donors (Lipinski definition) is 0. The van der Waals surface area contributed by atoms with Crippen molar-refractivity contribution in [1.82, 2.24) is 4.57 Å². The van der Waals surface area contributed by atoms with E-state index < -0.39 is 0 Å². The molecule has 57 heavy (non-hydrogen) atoms. The number of fused-ring (bicyclic) bond motifs is 7. The van der Waals surface area contributed by atoms with Crippen molar-refractivity contribution in [2.45, 2.75) is 0 Å². The van der Waals surface area contributed by atoms with Crippen molar-refractivity contribution in [3.05, 3.63) is 218 Å². The lowest BCUT2D eigenvalue weighted by molar-refractivity contribution is 0.673. The largest absolute Gasteiger partial charge is 0.455 e. The Morgan fingerprint density at radius 2 is 0.912 bits per heavy atom. The molecule has 0 N–H and O–H groups in total. The molecule has 2 heterocycles. The summed E-state index contributed by atoms with van der Waals surface area (Å²) in [6.45, 7) is 0. The molecule has 0 saturated heterocycles. The van der Waals surface area contributed by atoms with Crippen LogP contribution in [0.15, 0.2) is 223 Å². The van der Waals surface area contributed by atoms with Gasteiger partial charge in [0.2, 0.25) is 0 Å². The monoisotopic (exact) mass is 728 g/mol. The average molecular weight is 729 g/mol. The Morgan fingerprint density at radius 3 is 1.63 bits per heavy atom. The molecule has 11 aromatic rings. The van der Waals surface area contributed by atoms with E-state index in [2.05, 4.69) is 222 Å². The zero-order valence-corrected chi connectivity index (χ0v) is 31.1. The smallest absolute Gasteiger partial charge is 0.145 e. The van der Waals surface area contributed by atoms with Crippen molar-refractivity contribution < 1.29 is 4.42 Å². The molecule has 0 amide bonds. The molecular weight excluding hydrogens is 693 g/mol. The minimum atomic E-state index is 0.892. The van der Waals surface area contributed by atoms with Crippen LogP contribution in [-0.4, -0.2) is 4.57 Å². The quantitative estimate of drug-likeness (QED) is 0.163. The molecule has 0 saturated carbocycles. The fourth-order valence-electron chi connectivity index (χ4n) is 8.58. The molecule has 0 unspecified atom stereocenters. The van der Waals surface area contributed by atoms with E-state index in [0.717, 1.165) is 72.2 Å². The third kappa shape index (κ3) is 5.51. The average Bonchev–Trinajstić information content (AvgIpc) is 3.84. The summed E-state index contributed by atoms with van der Waals surface area (Å²) >= 11 is 0. The predicted octanol–water partition coefficient (Wildman–Crippen LogP) is 15.2. The first-order chi connectivity index (χ1) is 28.3. The van der Waals surface area contributed by atoms with Crippen LogP contribution in [0, 0.1) is 0 Å². The first kappa shape index (κ1) is 32.8. The predicted molar refractivity (Wildman–Crippen MR) is 239 cm³/mol. The molecule has 0 aliphatic heterocycles. The zero-order chi connectivity index (χ0) is 37.7. The fourth-order valence-corrected chi connectivity index (χ4v) is 8.58. The highest BCUT2D eigenvalue weighted by Gasteiger charge is 2.23. The lowest BCUT2D eigenvalue weighted by atomic mass is 9.97. The summed E-state index contributed by atoms with van der Waals surface area (Å²) in [5.74, 6) is 0. The molecule has 0 bridgehead atoms. The maximum absolute atomic E-state index is 6.73. The van der Waals surface area contributed by atoms with Crippen molar-refractivity contribution in [2.75, 3.05) is 4.90 Å². The molecule has 268 valence electrons. The second-order valence-corrected chi connectivity index (χ2v) is 14.5. The number of nitrogens with zero attached hydrogens (tertiary/aromatic N) is 2. The van der Waals surface area contributed by atoms with Crippen LogP contribution in [0.2, 0.25) is 0 Å². The Bertz CT molecular complexity index is 3200. The van der Waals surface area contributed by atoms with Gasteiger partial charge in [0.15, 0.2) is 0 Å². The van der Waals surface area contributed by atoms with Gasteiger partial charge in [-0.2, -0.15) is 0 Å². The van der Waals surface area contributed by atoms with Gasteiger partial charge in [0, 0.05) is 44.3 Å². The Kier molecular flexibility index (Phi) is 7.82. The summed E-state index contributed by atoms with van der Waals surface area (Å²) < 4.78 is 9.13. The molecule has 0 aliphatic rings. The minimum absolute atomic E-state index is 0.892. The van der Waals surface area contributed by atoms with E-state index in [1.165, 1.54) is 27.6 Å². The van der Waals surface area contributed by atoms with Crippen LogP contribution in [0.4, 0.5) is 17.1 Å². The molecular formula is C54H36N2O. The Hall–Kier alpha value is -7.62. The van der Waals surface area contributed by atoms with Crippen LogP contribution in [-0.2, 0) is 0 Å². The highest BCUT2D eigenvalue weighted by atomic mass is 16.3. The zero-order valence-electron chi connectivity index (χ0n) is 31.1. The van der Waals surface area contributed by atoms with Gasteiger partial charge in [-0.1, -0.05) is 158 Å². The number of furan rings is 1. The molecule has 9 aromatic carbocycles. The van der Waals surface area contributed by atoms with Crippen molar-refractivity contribution in [3.63, 3.8) is 0 Å². The van der Waals surface area contributed by atoms with E-state index in [1.54, 1.807) is 0 Å². The first-order valence-electron chi connectivity index (χ1n) is 19.4. The van der Waals surface area contributed by atoms with Crippen LogP contribution in [0.25, 0.3) is 82.8 Å². The summed E-state index contributed by atoms with van der Waals surface area (Å²) in [4.78, 5) is 2.38. The number of hydrogen-bond acceptors (Lipinski definition) is 2. The van der Waals surface area contributed by atoms with Gasteiger partial charge in [-0.05, 0) is 82.9 Å². The molecule has 0 spiro atoms. The van der Waals surface area contributed by atoms with Crippen molar-refractivity contribution >= 4 is 60.8 Å². The molecule has 3 heteroatoms. The van der Waals surface area contributed by atoms with Crippen molar-refractivity contribution in [1.29, 1.82) is 0 Å². The summed E-state index contributed by atoms with van der Waals surface area (Å²) in [7, 11) is 0. The normalized spacial score (nSPS) is 11.5. The van der Waals surface area contributed by atoms with Crippen LogP contribution < -0.4 is 4.90 Å². The van der Waals surface area contributed by atoms with Gasteiger partial charge in [0.05, 0.1) is 22.1 Å². The number of aromatic nitrogens is 1. The van der Waals surface area contributed by atoms with Crippen LogP contribution in [0.5, 0.6) is 0 Å². The fraction of sp³-hybridized carbons (Fsp3) is 0. The molecule has 0 fully saturated rings. The van der Waals surface area contributed by atoms with E-state index in [0.29, 0.717) is 0 Å². The number of rotatable bonds is 7. The van der Waals surface area contributed by atoms with Gasteiger partial charge in [-0.15, -0.1) is 0 Å². The van der Waals surface area contributed by atoms with Gasteiger partial charge in [0.25, 0.3) is 0 Å². The first-order valence-corrected chi connectivity index (χ1v) is 19.4. The topological polar surface area (TPSA) is 21.3 Å². The van der Waals surface area contributed by atoms with E-state index in [4.69, 9.17) is 4.42 Å². The van der Waals surface area contributed by atoms with Gasteiger partial charge < -0.3 is 13.9 Å². The molecule has 0 atom stereocenters. The second-order valence-electron chi connectivity index (χ2n) is 14.5. The summed E-state index contributed by atoms with van der Waals surface area (Å²) in [5, 5.41) is 4.53. The van der Waals surface area contributed by atoms with Gasteiger partial charge in [-0.25, -0.2) is 0 Å². The number of benzene rings is 9. The SMILES string of the molecule is c1ccc(-c2ccc(N(c3ccc(-c4cc5c6ccccc6oc5c5c6ccccc6n(-c6ccccc6)c45)cc3)c3ccccc3-c3ccccc3)cc2)cc1. The summed E-state index contributed by atoms with van der Waals surface area (Å²) in [6.07, 6.45) is 0. The standard InChI is InChI=1S/C54H36N2O/c1-4-16-37(17-5-1)38-28-32-42(33-29-38)55(49-25-13-10-22-44(49)39-18-6-2-7-19-39)43-34-30-40(31-35-43)47-36-48-45-23-12-15-27-51(45)57-54(48)52-46-24-11-14-26-50(46)56(53(47)52)41-20-8-3-9-21-41/h1-36H. The molecule has 0 radical (unpaired) electrons. The highest BCUT2D eigenvalue weighted by Crippen LogP contribution is 2.47. The van der Waals surface area contributed by atoms with E-state index in [9.17, 15) is 0 Å². The van der Waals surface area contributed by atoms with E-state index >= 15 is 0 Å². The maximum atomic E-state index is 6.73. The Morgan fingerprint density at radius 1 is 0.386 bits per heavy atom. The van der Waals surface area contributed by atoms with Gasteiger partial charge >= 0.3 is 0 Å². The van der Waals surface area contributed by atoms with Crippen molar-refractivity contribution in [2.24, 2.45) is 0 Å². The van der Waals surface area contributed by atoms with Crippen molar-refractivity contribution in [3.8, 4) is 39.1 Å². The molecule has 0 aliphatic carbocycles. The lowest BCUT2D eigenvalue weighted by Gasteiger charge is -2.28. The lowest BCUT2D eigenvalue weighted by Crippen LogP contribution is -2.11. The Labute approximate surface area is 330 Å². The number of para-hydroxylation sites is 4. The van der Waals surface area contributed by atoms with E-state index in [1.807, 2.05) is 6.07 Å². The third-order valence-corrected chi connectivity index (χ3v) is 11.2. The number of anilines is 3. The van der Waals surface area contributed by atoms with E-state index in [-0.39, 0.29) is 0 Å². The van der Waals surface area contributed by atoms with Gasteiger partial charge in [0.1, 0.15) is 11.2 Å². The summed E-state index contributed by atoms with van der Waals surface area (Å²) in [5.41, 5.74) is 15.5. The third-order valence-electron chi connectivity index (χ3n) is 11.2. The van der Waals surface area contributed by atoms with Crippen LogP contribution in [0.1, 0.15) is 0 Å². The molecule has 3 nitrogen and oxygen atoms in total. The van der Waals surface area contributed by atoms with Gasteiger partial charge in [-0.3, -0.25) is 0 Å². The molecule has 2 aromatic heterocycles. The maximum Gasteiger partial charge on any atom is 0.145 e. The Balaban J connectivity index is 1.13.